The van der Waals surface area contributed by atoms with E-state index < -0.39 is 18.0 Å². The lowest BCUT2D eigenvalue weighted by Crippen LogP contribution is -2.18. The van der Waals surface area contributed by atoms with Crippen LogP contribution in [0.2, 0.25) is 5.02 Å². The van der Waals surface area contributed by atoms with E-state index in [-0.39, 0.29) is 5.02 Å². The molecule has 2 heterocycles. The number of rotatable bonds is 13. The molecule has 0 atom stereocenters. The summed E-state index contributed by atoms with van der Waals surface area (Å²) in [6.45, 7) is 2.36. The number of nitrogens with two attached hydrogens (primary N) is 1. The molecular formula is C27H26ClF3N4O4. The molecule has 0 aliphatic carbocycles. The zero-order valence-electron chi connectivity index (χ0n) is 20.8. The third-order valence-corrected chi connectivity index (χ3v) is 6.05. The standard InChI is InChI=1S/C27H26ClF3N4O4/c28-22-13-17(3-6-24(22)39-27(29,30)31)15-33-8-1-2-10-37-11-12-38-26-20-7-9-34-16-21(20)19-5-4-18(25(32)36)14-23(19)35-26/h3-7,9,13-14,16,33H,1-2,8,10-12,15H2,(H2,32,36). The van der Waals surface area contributed by atoms with E-state index >= 15 is 0 Å². The number of carbonyl (C=O) groups is 1. The molecule has 0 radical (unpaired) electrons. The Morgan fingerprint density at radius 2 is 1.85 bits per heavy atom. The summed E-state index contributed by atoms with van der Waals surface area (Å²) in [5.41, 5.74) is 7.10. The first-order valence-corrected chi connectivity index (χ1v) is 12.5. The summed E-state index contributed by atoms with van der Waals surface area (Å²) in [4.78, 5) is 20.3. The number of alkyl halides is 3. The average molecular weight is 563 g/mol. The Morgan fingerprint density at radius 1 is 1.00 bits per heavy atom. The van der Waals surface area contributed by atoms with Gasteiger partial charge in [0.1, 0.15) is 12.4 Å². The molecule has 0 aliphatic heterocycles. The topological polar surface area (TPSA) is 109 Å². The second kappa shape index (κ2) is 12.9. The van der Waals surface area contributed by atoms with E-state index in [4.69, 9.17) is 26.8 Å². The second-order valence-electron chi connectivity index (χ2n) is 8.59. The van der Waals surface area contributed by atoms with E-state index in [1.54, 1.807) is 30.6 Å². The van der Waals surface area contributed by atoms with Crippen LogP contribution >= 0.6 is 11.6 Å². The number of amides is 1. The van der Waals surface area contributed by atoms with Crippen LogP contribution in [0, 0.1) is 0 Å². The van der Waals surface area contributed by atoms with E-state index in [2.05, 4.69) is 20.0 Å². The van der Waals surface area contributed by atoms with E-state index in [1.807, 2.05) is 6.07 Å². The summed E-state index contributed by atoms with van der Waals surface area (Å²) in [6.07, 6.45) is 0.263. The quantitative estimate of drug-likeness (QED) is 0.166. The summed E-state index contributed by atoms with van der Waals surface area (Å²) >= 11 is 5.87. The SMILES string of the molecule is NC(=O)c1ccc2c(c1)nc(OCCOCCCCNCc1ccc(OC(F)(F)F)c(Cl)c1)c1ccncc12. The number of hydrogen-bond acceptors (Lipinski definition) is 7. The highest BCUT2D eigenvalue weighted by Gasteiger charge is 2.32. The number of nitrogens with zero attached hydrogens (tertiary/aromatic N) is 2. The van der Waals surface area contributed by atoms with Crippen molar-refractivity contribution in [1.82, 2.24) is 15.3 Å². The van der Waals surface area contributed by atoms with Crippen molar-refractivity contribution in [2.75, 3.05) is 26.4 Å². The number of ether oxygens (including phenoxy) is 3. The van der Waals surface area contributed by atoms with Crippen LogP contribution in [-0.4, -0.2) is 48.6 Å². The molecule has 4 aromatic rings. The molecule has 0 aliphatic rings. The molecule has 2 aromatic carbocycles. The number of hydrogen-bond donors (Lipinski definition) is 2. The molecule has 39 heavy (non-hydrogen) atoms. The third kappa shape index (κ3) is 7.92. The zero-order chi connectivity index (χ0) is 27.8. The van der Waals surface area contributed by atoms with Crippen molar-refractivity contribution in [3.8, 4) is 11.6 Å². The Morgan fingerprint density at radius 3 is 2.62 bits per heavy atom. The molecule has 2 aromatic heterocycles. The minimum absolute atomic E-state index is 0.0961. The van der Waals surface area contributed by atoms with Crippen molar-refractivity contribution >= 4 is 39.2 Å². The summed E-state index contributed by atoms with van der Waals surface area (Å²) in [5, 5.41) is 5.63. The number of halogens is 4. The third-order valence-electron chi connectivity index (χ3n) is 5.76. The second-order valence-corrected chi connectivity index (χ2v) is 9.00. The van der Waals surface area contributed by atoms with E-state index in [0.717, 1.165) is 34.6 Å². The summed E-state index contributed by atoms with van der Waals surface area (Å²) in [6, 6.07) is 11.1. The van der Waals surface area contributed by atoms with Gasteiger partial charge in [0.15, 0.2) is 0 Å². The molecule has 12 heteroatoms. The number of unbranched alkanes of at least 4 members (excludes halogenated alkanes) is 1. The Labute approximate surface area is 227 Å². The van der Waals surface area contributed by atoms with Crippen molar-refractivity contribution in [3.05, 3.63) is 71.0 Å². The van der Waals surface area contributed by atoms with Crippen LogP contribution < -0.4 is 20.5 Å². The molecule has 206 valence electrons. The van der Waals surface area contributed by atoms with Gasteiger partial charge in [0, 0.05) is 47.3 Å². The highest BCUT2D eigenvalue weighted by molar-refractivity contribution is 6.32. The zero-order valence-corrected chi connectivity index (χ0v) is 21.5. The number of fused-ring (bicyclic) bond motifs is 3. The van der Waals surface area contributed by atoms with Crippen LogP contribution in [-0.2, 0) is 11.3 Å². The normalized spacial score (nSPS) is 11.7. The number of pyridine rings is 2. The molecule has 4 rings (SSSR count). The minimum atomic E-state index is -4.78. The highest BCUT2D eigenvalue weighted by atomic mass is 35.5. The Kier molecular flexibility index (Phi) is 9.39. The molecule has 1 amide bonds. The number of aromatic nitrogens is 2. The fourth-order valence-corrected chi connectivity index (χ4v) is 4.17. The lowest BCUT2D eigenvalue weighted by molar-refractivity contribution is -0.274. The molecule has 0 spiro atoms. The lowest BCUT2D eigenvalue weighted by atomic mass is 10.1. The summed E-state index contributed by atoms with van der Waals surface area (Å²) < 4.78 is 52.4. The van der Waals surface area contributed by atoms with Crippen LogP contribution in [0.15, 0.2) is 54.9 Å². The Balaban J connectivity index is 1.17. The van der Waals surface area contributed by atoms with Gasteiger partial charge in [-0.3, -0.25) is 9.78 Å². The Hall–Kier alpha value is -3.67. The maximum atomic E-state index is 12.3. The first-order chi connectivity index (χ1) is 18.7. The van der Waals surface area contributed by atoms with E-state index in [1.165, 1.54) is 18.2 Å². The van der Waals surface area contributed by atoms with Crippen molar-refractivity contribution in [3.63, 3.8) is 0 Å². The molecule has 0 saturated carbocycles. The molecule has 0 fully saturated rings. The molecule has 0 bridgehead atoms. The lowest BCUT2D eigenvalue weighted by Gasteiger charge is -2.12. The van der Waals surface area contributed by atoms with Crippen molar-refractivity contribution in [2.24, 2.45) is 5.73 Å². The van der Waals surface area contributed by atoms with Gasteiger partial charge in [0.25, 0.3) is 0 Å². The van der Waals surface area contributed by atoms with E-state index in [0.29, 0.717) is 49.9 Å². The molecular weight excluding hydrogens is 537 g/mol. The van der Waals surface area contributed by atoms with Gasteiger partial charge in [0.05, 0.1) is 17.1 Å². The van der Waals surface area contributed by atoms with Gasteiger partial charge in [-0.2, -0.15) is 0 Å². The highest BCUT2D eigenvalue weighted by Crippen LogP contribution is 2.31. The summed E-state index contributed by atoms with van der Waals surface area (Å²) in [5.74, 6) is -0.533. The smallest absolute Gasteiger partial charge is 0.475 e. The van der Waals surface area contributed by atoms with Gasteiger partial charge in [-0.25, -0.2) is 4.98 Å². The Bertz CT molecular complexity index is 1450. The van der Waals surface area contributed by atoms with Crippen LogP contribution in [0.3, 0.4) is 0 Å². The van der Waals surface area contributed by atoms with Crippen LogP contribution in [0.1, 0.15) is 28.8 Å². The number of nitrogens with one attached hydrogen (secondary N) is 1. The van der Waals surface area contributed by atoms with Gasteiger partial charge in [0.2, 0.25) is 11.8 Å². The fourth-order valence-electron chi connectivity index (χ4n) is 3.93. The monoisotopic (exact) mass is 562 g/mol. The maximum absolute atomic E-state index is 12.3. The van der Waals surface area contributed by atoms with Crippen molar-refractivity contribution in [1.29, 1.82) is 0 Å². The van der Waals surface area contributed by atoms with Gasteiger partial charge in [-0.1, -0.05) is 23.7 Å². The van der Waals surface area contributed by atoms with Gasteiger partial charge < -0.3 is 25.3 Å². The minimum Gasteiger partial charge on any atom is -0.475 e. The predicted molar refractivity (Wildman–Crippen MR) is 141 cm³/mol. The number of primary amides is 1. The fraction of sp³-hybridized carbons (Fsp3) is 0.296. The van der Waals surface area contributed by atoms with Gasteiger partial charge in [-0.05, 0) is 55.3 Å². The summed E-state index contributed by atoms with van der Waals surface area (Å²) in [7, 11) is 0. The van der Waals surface area contributed by atoms with Crippen LogP contribution in [0.4, 0.5) is 13.2 Å². The number of benzene rings is 2. The number of carbonyl (C=O) groups excluding carboxylic acids is 1. The van der Waals surface area contributed by atoms with Crippen LogP contribution in [0.5, 0.6) is 11.6 Å². The van der Waals surface area contributed by atoms with Gasteiger partial charge in [-0.15, -0.1) is 13.2 Å². The first-order valence-electron chi connectivity index (χ1n) is 12.1. The molecule has 8 nitrogen and oxygen atoms in total. The maximum Gasteiger partial charge on any atom is 0.573 e. The van der Waals surface area contributed by atoms with Crippen LogP contribution in [0.25, 0.3) is 21.7 Å². The van der Waals surface area contributed by atoms with E-state index in [9.17, 15) is 18.0 Å². The molecule has 3 N–H and O–H groups in total. The van der Waals surface area contributed by atoms with Crippen molar-refractivity contribution in [2.45, 2.75) is 25.7 Å². The average Bonchev–Trinajstić information content (AvgIpc) is 2.90. The first kappa shape index (κ1) is 28.3. The molecule has 0 saturated heterocycles. The van der Waals surface area contributed by atoms with Crippen molar-refractivity contribution < 1.29 is 32.2 Å². The van der Waals surface area contributed by atoms with Gasteiger partial charge >= 0.3 is 6.36 Å². The largest absolute Gasteiger partial charge is 0.573 e. The predicted octanol–water partition coefficient (Wildman–Crippen LogP) is 5.40. The molecule has 0 unspecified atom stereocenters.